The van der Waals surface area contributed by atoms with Crippen molar-refractivity contribution in [2.45, 2.75) is 26.3 Å². The lowest BCUT2D eigenvalue weighted by atomic mass is 10.3. The van der Waals surface area contributed by atoms with Gasteiger partial charge in [0.05, 0.1) is 4.99 Å². The van der Waals surface area contributed by atoms with Crippen LogP contribution in [-0.4, -0.2) is 42.1 Å². The summed E-state index contributed by atoms with van der Waals surface area (Å²) in [5.74, 6) is -0.0289. The average molecular weight is 218 g/mol. The number of nitrogens with zero attached hydrogens (tertiary/aromatic N) is 1. The van der Waals surface area contributed by atoms with Crippen molar-refractivity contribution in [2.75, 3.05) is 20.3 Å². The van der Waals surface area contributed by atoms with Crippen molar-refractivity contribution in [1.29, 1.82) is 0 Å². The van der Waals surface area contributed by atoms with E-state index in [0.29, 0.717) is 18.0 Å². The average Bonchev–Trinajstić information content (AvgIpc) is 2.03. The molecule has 0 spiro atoms. The van der Waals surface area contributed by atoms with E-state index in [1.54, 1.807) is 4.90 Å². The van der Waals surface area contributed by atoms with E-state index in [9.17, 15) is 4.79 Å². The first kappa shape index (κ1) is 13.3. The molecular weight excluding hydrogens is 200 g/mol. The van der Waals surface area contributed by atoms with Gasteiger partial charge in [0.25, 0.3) is 0 Å². The van der Waals surface area contributed by atoms with Crippen LogP contribution in [0.15, 0.2) is 0 Å². The molecule has 0 rings (SSSR count). The molecule has 0 aliphatic rings. The maximum atomic E-state index is 11.5. The Bertz CT molecular complexity index is 207. The molecule has 0 aromatic rings. The zero-order valence-electron chi connectivity index (χ0n) is 8.95. The predicted octanol–water partition coefficient (Wildman–Crippen LogP) is 0.546. The van der Waals surface area contributed by atoms with Crippen LogP contribution in [0.3, 0.4) is 0 Å². The van der Waals surface area contributed by atoms with Crippen LogP contribution in [0.1, 0.15) is 20.3 Å². The Kier molecular flexibility index (Phi) is 6.40. The summed E-state index contributed by atoms with van der Waals surface area (Å²) >= 11 is 4.76. The van der Waals surface area contributed by atoms with Crippen LogP contribution in [0.5, 0.6) is 0 Å². The van der Waals surface area contributed by atoms with E-state index in [4.69, 9.17) is 22.7 Å². The van der Waals surface area contributed by atoms with Gasteiger partial charge in [-0.3, -0.25) is 4.79 Å². The Hall–Kier alpha value is -0.680. The summed E-state index contributed by atoms with van der Waals surface area (Å²) in [5, 5.41) is 0. The zero-order valence-corrected chi connectivity index (χ0v) is 9.76. The monoisotopic (exact) mass is 218 g/mol. The third kappa shape index (κ3) is 5.14. The van der Waals surface area contributed by atoms with Gasteiger partial charge in [-0.1, -0.05) is 12.2 Å². The summed E-state index contributed by atoms with van der Waals surface area (Å²) in [6, 6.07) is 0.145. The molecular formula is C9H18N2O2S. The van der Waals surface area contributed by atoms with Crippen LogP contribution in [0.2, 0.25) is 0 Å². The fourth-order valence-corrected chi connectivity index (χ4v) is 1.20. The molecule has 0 unspecified atom stereocenters. The highest BCUT2D eigenvalue weighted by Crippen LogP contribution is 2.01. The van der Waals surface area contributed by atoms with Gasteiger partial charge in [0.1, 0.15) is 6.61 Å². The molecule has 1 amide bonds. The number of nitrogens with two attached hydrogens (primary N) is 1. The maximum absolute atomic E-state index is 11.5. The fourth-order valence-electron chi connectivity index (χ4n) is 1.11. The highest BCUT2D eigenvalue weighted by Gasteiger charge is 2.16. The highest BCUT2D eigenvalue weighted by molar-refractivity contribution is 7.80. The Morgan fingerprint density at radius 1 is 1.57 bits per heavy atom. The molecule has 0 fully saturated rings. The molecule has 0 radical (unpaired) electrons. The minimum Gasteiger partial charge on any atom is -0.393 e. The van der Waals surface area contributed by atoms with Crippen molar-refractivity contribution in [3.05, 3.63) is 0 Å². The molecule has 82 valence electrons. The first-order valence-corrected chi connectivity index (χ1v) is 4.96. The molecule has 0 aromatic carbocycles. The van der Waals surface area contributed by atoms with Crippen molar-refractivity contribution < 1.29 is 9.53 Å². The standard InChI is InChI=1S/C9H18N2O2S/c1-7(2)11(5-4-8(10)14)9(12)6-13-3/h7H,4-6H2,1-3H3,(H2,10,14). The van der Waals surface area contributed by atoms with Crippen molar-refractivity contribution in [3.8, 4) is 0 Å². The van der Waals surface area contributed by atoms with Crippen molar-refractivity contribution in [1.82, 2.24) is 4.90 Å². The molecule has 2 N–H and O–H groups in total. The molecule has 0 heterocycles. The van der Waals surface area contributed by atoms with E-state index in [0.717, 1.165) is 0 Å². The third-order valence-electron chi connectivity index (χ3n) is 1.81. The van der Waals surface area contributed by atoms with Gasteiger partial charge in [-0.05, 0) is 13.8 Å². The van der Waals surface area contributed by atoms with Gasteiger partial charge in [-0.25, -0.2) is 0 Å². The number of carbonyl (C=O) groups is 1. The van der Waals surface area contributed by atoms with Gasteiger partial charge in [0.15, 0.2) is 0 Å². The second-order valence-corrected chi connectivity index (χ2v) is 3.85. The predicted molar refractivity (Wildman–Crippen MR) is 60.1 cm³/mol. The zero-order chi connectivity index (χ0) is 11.1. The normalized spacial score (nSPS) is 10.3. The van der Waals surface area contributed by atoms with Crippen LogP contribution < -0.4 is 5.73 Å². The van der Waals surface area contributed by atoms with Gasteiger partial charge in [0, 0.05) is 26.1 Å². The lowest BCUT2D eigenvalue weighted by molar-refractivity contribution is -0.136. The Balaban J connectivity index is 4.14. The molecule has 0 bridgehead atoms. The van der Waals surface area contributed by atoms with Crippen LogP contribution in [0, 0.1) is 0 Å². The topological polar surface area (TPSA) is 55.6 Å². The second-order valence-electron chi connectivity index (χ2n) is 3.33. The summed E-state index contributed by atoms with van der Waals surface area (Å²) in [6.07, 6.45) is 0.558. The number of ether oxygens (including phenoxy) is 1. The quantitative estimate of drug-likeness (QED) is 0.661. The first-order valence-electron chi connectivity index (χ1n) is 4.55. The van der Waals surface area contributed by atoms with E-state index in [1.807, 2.05) is 13.8 Å². The summed E-state index contributed by atoms with van der Waals surface area (Å²) in [6.45, 7) is 4.57. The number of carbonyl (C=O) groups excluding carboxylic acids is 1. The number of hydrogen-bond acceptors (Lipinski definition) is 3. The number of rotatable bonds is 6. The minimum absolute atomic E-state index is 0.0289. The molecule has 0 aliphatic heterocycles. The molecule has 0 saturated heterocycles. The van der Waals surface area contributed by atoms with E-state index in [-0.39, 0.29) is 18.6 Å². The van der Waals surface area contributed by atoms with Crippen molar-refractivity contribution in [2.24, 2.45) is 5.73 Å². The summed E-state index contributed by atoms with van der Waals surface area (Å²) in [4.78, 5) is 13.7. The lowest BCUT2D eigenvalue weighted by Crippen LogP contribution is -2.40. The van der Waals surface area contributed by atoms with E-state index < -0.39 is 0 Å². The molecule has 5 heteroatoms. The highest BCUT2D eigenvalue weighted by atomic mass is 32.1. The molecule has 0 saturated carbocycles. The summed E-state index contributed by atoms with van der Waals surface area (Å²) in [7, 11) is 1.50. The SMILES string of the molecule is COCC(=O)N(CCC(N)=S)C(C)C. The number of amides is 1. The van der Waals surface area contributed by atoms with Gasteiger partial charge in [-0.15, -0.1) is 0 Å². The van der Waals surface area contributed by atoms with E-state index in [2.05, 4.69) is 0 Å². The maximum Gasteiger partial charge on any atom is 0.248 e. The number of hydrogen-bond donors (Lipinski definition) is 1. The second kappa shape index (κ2) is 6.73. The van der Waals surface area contributed by atoms with Gasteiger partial charge >= 0.3 is 0 Å². The van der Waals surface area contributed by atoms with Gasteiger partial charge in [-0.2, -0.15) is 0 Å². The van der Waals surface area contributed by atoms with Gasteiger partial charge < -0.3 is 15.4 Å². The smallest absolute Gasteiger partial charge is 0.248 e. The Labute approximate surface area is 90.4 Å². The molecule has 0 aliphatic carbocycles. The lowest BCUT2D eigenvalue weighted by Gasteiger charge is -2.26. The van der Waals surface area contributed by atoms with E-state index >= 15 is 0 Å². The van der Waals surface area contributed by atoms with Crippen LogP contribution >= 0.6 is 12.2 Å². The summed E-state index contributed by atoms with van der Waals surface area (Å²) < 4.78 is 4.79. The summed E-state index contributed by atoms with van der Waals surface area (Å²) in [5.41, 5.74) is 5.38. The van der Waals surface area contributed by atoms with Crippen LogP contribution in [0.25, 0.3) is 0 Å². The van der Waals surface area contributed by atoms with Crippen molar-refractivity contribution in [3.63, 3.8) is 0 Å². The molecule has 0 aromatic heterocycles. The number of thiocarbonyl (C=S) groups is 1. The van der Waals surface area contributed by atoms with E-state index in [1.165, 1.54) is 7.11 Å². The molecule has 0 atom stereocenters. The minimum atomic E-state index is -0.0289. The first-order chi connectivity index (χ1) is 6.49. The van der Waals surface area contributed by atoms with Gasteiger partial charge in [0.2, 0.25) is 5.91 Å². The molecule has 14 heavy (non-hydrogen) atoms. The Morgan fingerprint density at radius 2 is 2.14 bits per heavy atom. The van der Waals surface area contributed by atoms with Crippen molar-refractivity contribution >= 4 is 23.1 Å². The van der Waals surface area contributed by atoms with Crippen LogP contribution in [-0.2, 0) is 9.53 Å². The third-order valence-corrected chi connectivity index (χ3v) is 2.01. The Morgan fingerprint density at radius 3 is 2.50 bits per heavy atom. The largest absolute Gasteiger partial charge is 0.393 e. The van der Waals surface area contributed by atoms with Crippen LogP contribution in [0.4, 0.5) is 0 Å². The fraction of sp³-hybridized carbons (Fsp3) is 0.778. The number of methoxy groups -OCH3 is 1. The molecule has 4 nitrogen and oxygen atoms in total.